The summed E-state index contributed by atoms with van der Waals surface area (Å²) < 4.78 is 0. The zero-order valence-corrected chi connectivity index (χ0v) is 16.4. The topological polar surface area (TPSA) is 59.0 Å². The van der Waals surface area contributed by atoms with Gasteiger partial charge in [0.2, 0.25) is 0 Å². The standard InChI is InChI=1S/C22H21ClN4O/c1-15-25-13-20(16-8-10-24-11-9-16)21(26-15)18-3-2-12-27(14-18)22(28)17-4-6-19(23)7-5-17/h4-11,13,18H,2-3,12,14H2,1H3. The quantitative estimate of drug-likeness (QED) is 0.657. The van der Waals surface area contributed by atoms with E-state index in [1.165, 1.54) is 0 Å². The number of aryl methyl sites for hydroxylation is 1. The minimum atomic E-state index is 0.0394. The first-order valence-electron chi connectivity index (χ1n) is 9.40. The Morgan fingerprint density at radius 2 is 1.89 bits per heavy atom. The van der Waals surface area contributed by atoms with E-state index in [4.69, 9.17) is 16.6 Å². The highest BCUT2D eigenvalue weighted by molar-refractivity contribution is 6.30. The summed E-state index contributed by atoms with van der Waals surface area (Å²) in [4.78, 5) is 28.1. The fourth-order valence-corrected chi connectivity index (χ4v) is 3.84. The van der Waals surface area contributed by atoms with E-state index in [0.29, 0.717) is 17.1 Å². The van der Waals surface area contributed by atoms with Gasteiger partial charge < -0.3 is 4.90 Å². The lowest BCUT2D eigenvalue weighted by atomic mass is 9.89. The Bertz CT molecular complexity index is 976. The number of likely N-dealkylation sites (tertiary alicyclic amines) is 1. The molecule has 1 unspecified atom stereocenters. The highest BCUT2D eigenvalue weighted by atomic mass is 35.5. The summed E-state index contributed by atoms with van der Waals surface area (Å²) in [6.45, 7) is 3.31. The molecule has 3 heterocycles. The second-order valence-corrected chi connectivity index (χ2v) is 7.49. The van der Waals surface area contributed by atoms with Gasteiger partial charge in [-0.1, -0.05) is 11.6 Å². The predicted molar refractivity (Wildman–Crippen MR) is 109 cm³/mol. The molecule has 0 bridgehead atoms. The molecular formula is C22H21ClN4O. The van der Waals surface area contributed by atoms with Crippen molar-refractivity contribution in [3.8, 4) is 11.1 Å². The monoisotopic (exact) mass is 392 g/mol. The summed E-state index contributed by atoms with van der Waals surface area (Å²) in [5.41, 5.74) is 3.73. The maximum Gasteiger partial charge on any atom is 0.253 e. The van der Waals surface area contributed by atoms with E-state index in [0.717, 1.165) is 42.0 Å². The number of benzene rings is 1. The molecule has 0 radical (unpaired) electrons. The maximum atomic E-state index is 13.0. The van der Waals surface area contributed by atoms with Crippen LogP contribution in [0.25, 0.3) is 11.1 Å². The van der Waals surface area contributed by atoms with Crippen molar-refractivity contribution in [3.63, 3.8) is 0 Å². The van der Waals surface area contributed by atoms with E-state index in [-0.39, 0.29) is 11.8 Å². The van der Waals surface area contributed by atoms with Crippen LogP contribution in [0.4, 0.5) is 0 Å². The Hall–Kier alpha value is -2.79. The fourth-order valence-electron chi connectivity index (χ4n) is 3.71. The largest absolute Gasteiger partial charge is 0.338 e. The SMILES string of the molecule is Cc1ncc(-c2ccncc2)c(C2CCCN(C(=O)c3ccc(Cl)cc3)C2)n1. The van der Waals surface area contributed by atoms with E-state index in [1.807, 2.05) is 30.2 Å². The molecule has 1 atom stereocenters. The van der Waals surface area contributed by atoms with E-state index in [1.54, 1.807) is 36.7 Å². The molecule has 28 heavy (non-hydrogen) atoms. The number of carbonyl (C=O) groups is 1. The number of aromatic nitrogens is 3. The maximum absolute atomic E-state index is 13.0. The summed E-state index contributed by atoms with van der Waals surface area (Å²) in [5, 5.41) is 0.631. The summed E-state index contributed by atoms with van der Waals surface area (Å²) >= 11 is 5.95. The van der Waals surface area contributed by atoms with Gasteiger partial charge in [0.05, 0.1) is 5.69 Å². The van der Waals surface area contributed by atoms with Crippen molar-refractivity contribution in [2.24, 2.45) is 0 Å². The Balaban J connectivity index is 1.62. The van der Waals surface area contributed by atoms with Gasteiger partial charge in [-0.15, -0.1) is 0 Å². The van der Waals surface area contributed by atoms with Crippen molar-refractivity contribution in [1.29, 1.82) is 0 Å². The highest BCUT2D eigenvalue weighted by Gasteiger charge is 2.28. The van der Waals surface area contributed by atoms with E-state index >= 15 is 0 Å². The van der Waals surface area contributed by atoms with Crippen molar-refractivity contribution in [2.75, 3.05) is 13.1 Å². The smallest absolute Gasteiger partial charge is 0.253 e. The van der Waals surface area contributed by atoms with E-state index < -0.39 is 0 Å². The first-order valence-corrected chi connectivity index (χ1v) is 9.78. The molecule has 1 aliphatic heterocycles. The van der Waals surface area contributed by atoms with Gasteiger partial charge in [-0.25, -0.2) is 9.97 Å². The molecule has 3 aromatic rings. The third-order valence-corrected chi connectivity index (χ3v) is 5.37. The first kappa shape index (κ1) is 18.6. The zero-order valence-electron chi connectivity index (χ0n) is 15.7. The van der Waals surface area contributed by atoms with Crippen molar-refractivity contribution in [2.45, 2.75) is 25.7 Å². The molecule has 6 heteroatoms. The first-order chi connectivity index (χ1) is 13.6. The van der Waals surface area contributed by atoms with Crippen molar-refractivity contribution >= 4 is 17.5 Å². The second kappa shape index (κ2) is 8.07. The van der Waals surface area contributed by atoms with E-state index in [9.17, 15) is 4.79 Å². The molecular weight excluding hydrogens is 372 g/mol. The Kier molecular flexibility index (Phi) is 5.35. The van der Waals surface area contributed by atoms with Gasteiger partial charge in [0.25, 0.3) is 5.91 Å². The molecule has 1 amide bonds. The van der Waals surface area contributed by atoms with Crippen LogP contribution in [0.3, 0.4) is 0 Å². The number of nitrogens with zero attached hydrogens (tertiary/aromatic N) is 4. The number of halogens is 1. The molecule has 0 spiro atoms. The molecule has 2 aromatic heterocycles. The number of hydrogen-bond acceptors (Lipinski definition) is 4. The van der Waals surface area contributed by atoms with Crippen LogP contribution in [-0.2, 0) is 0 Å². The van der Waals surface area contributed by atoms with Crippen LogP contribution >= 0.6 is 11.6 Å². The van der Waals surface area contributed by atoms with Crippen LogP contribution in [0.2, 0.25) is 5.02 Å². The number of piperidine rings is 1. The molecule has 1 aromatic carbocycles. The van der Waals surface area contributed by atoms with Gasteiger partial charge >= 0.3 is 0 Å². The minimum absolute atomic E-state index is 0.0394. The van der Waals surface area contributed by atoms with Crippen molar-refractivity contribution in [1.82, 2.24) is 19.9 Å². The average molecular weight is 393 g/mol. The Labute approximate surface area is 169 Å². The number of hydrogen-bond donors (Lipinski definition) is 0. The van der Waals surface area contributed by atoms with Gasteiger partial charge in [0, 0.05) is 53.7 Å². The van der Waals surface area contributed by atoms with Gasteiger partial charge in [-0.2, -0.15) is 0 Å². The Morgan fingerprint density at radius 3 is 2.64 bits per heavy atom. The molecule has 1 fully saturated rings. The van der Waals surface area contributed by atoms with Gasteiger partial charge in [0.15, 0.2) is 0 Å². The van der Waals surface area contributed by atoms with Crippen LogP contribution in [0.15, 0.2) is 55.0 Å². The number of carbonyl (C=O) groups excluding carboxylic acids is 1. The fraction of sp³-hybridized carbons (Fsp3) is 0.273. The summed E-state index contributed by atoms with van der Waals surface area (Å²) in [6, 6.07) is 11.0. The molecule has 1 saturated heterocycles. The number of amides is 1. The zero-order chi connectivity index (χ0) is 19.5. The van der Waals surface area contributed by atoms with E-state index in [2.05, 4.69) is 9.97 Å². The van der Waals surface area contributed by atoms with Crippen molar-refractivity contribution in [3.05, 3.63) is 77.1 Å². The molecule has 0 saturated carbocycles. The van der Waals surface area contributed by atoms with Gasteiger partial charge in [-0.05, 0) is 61.7 Å². The minimum Gasteiger partial charge on any atom is -0.338 e. The van der Waals surface area contributed by atoms with Crippen LogP contribution in [0.5, 0.6) is 0 Å². The normalized spacial score (nSPS) is 16.8. The third kappa shape index (κ3) is 3.90. The summed E-state index contributed by atoms with van der Waals surface area (Å²) in [6.07, 6.45) is 7.38. The third-order valence-electron chi connectivity index (χ3n) is 5.12. The lowest BCUT2D eigenvalue weighted by Crippen LogP contribution is -2.39. The predicted octanol–water partition coefficient (Wildman–Crippen LogP) is 4.52. The van der Waals surface area contributed by atoms with Gasteiger partial charge in [-0.3, -0.25) is 9.78 Å². The van der Waals surface area contributed by atoms with Crippen LogP contribution < -0.4 is 0 Å². The van der Waals surface area contributed by atoms with Crippen LogP contribution in [-0.4, -0.2) is 38.8 Å². The van der Waals surface area contributed by atoms with Crippen LogP contribution in [0.1, 0.15) is 40.6 Å². The summed E-state index contributed by atoms with van der Waals surface area (Å²) in [7, 11) is 0. The van der Waals surface area contributed by atoms with Crippen LogP contribution in [0, 0.1) is 6.92 Å². The molecule has 142 valence electrons. The molecule has 0 N–H and O–H groups in total. The molecule has 5 nitrogen and oxygen atoms in total. The summed E-state index contributed by atoms with van der Waals surface area (Å²) in [5.74, 6) is 0.960. The lowest BCUT2D eigenvalue weighted by molar-refractivity contribution is 0.0706. The second-order valence-electron chi connectivity index (χ2n) is 7.05. The average Bonchev–Trinajstić information content (AvgIpc) is 2.74. The molecule has 1 aliphatic rings. The highest BCUT2D eigenvalue weighted by Crippen LogP contribution is 2.33. The van der Waals surface area contributed by atoms with Crippen molar-refractivity contribution < 1.29 is 4.79 Å². The molecule has 4 rings (SSSR count). The number of rotatable bonds is 3. The lowest BCUT2D eigenvalue weighted by Gasteiger charge is -2.33. The van der Waals surface area contributed by atoms with Gasteiger partial charge in [0.1, 0.15) is 5.82 Å². The number of pyridine rings is 1. The molecule has 0 aliphatic carbocycles. The Morgan fingerprint density at radius 1 is 1.14 bits per heavy atom.